The Morgan fingerprint density at radius 3 is 2.74 bits per heavy atom. The maximum Gasteiger partial charge on any atom is 0.248 e. The van der Waals surface area contributed by atoms with Gasteiger partial charge in [0.15, 0.2) is 0 Å². The Balaban J connectivity index is 2.03. The van der Waals surface area contributed by atoms with Crippen LogP contribution in [0.1, 0.15) is 24.0 Å². The summed E-state index contributed by atoms with van der Waals surface area (Å²) in [4.78, 5) is 11.8. The highest BCUT2D eigenvalue weighted by atomic mass is 16.3. The van der Waals surface area contributed by atoms with Gasteiger partial charge >= 0.3 is 0 Å². The fourth-order valence-corrected chi connectivity index (χ4v) is 1.83. The Labute approximate surface area is 112 Å². The summed E-state index contributed by atoms with van der Waals surface area (Å²) in [6.07, 6.45) is 4.03. The number of benzene rings is 1. The molecule has 1 N–H and O–H groups in total. The lowest BCUT2D eigenvalue weighted by molar-refractivity contribution is -0.111. The zero-order valence-corrected chi connectivity index (χ0v) is 11.1. The van der Waals surface area contributed by atoms with Gasteiger partial charge in [0, 0.05) is 11.8 Å². The van der Waals surface area contributed by atoms with Crippen molar-refractivity contribution < 1.29 is 9.21 Å². The van der Waals surface area contributed by atoms with Crippen molar-refractivity contribution in [3.05, 3.63) is 59.6 Å². The van der Waals surface area contributed by atoms with Gasteiger partial charge in [-0.3, -0.25) is 4.79 Å². The van der Waals surface area contributed by atoms with E-state index in [4.69, 9.17) is 4.42 Å². The molecule has 98 valence electrons. The average molecular weight is 255 g/mol. The van der Waals surface area contributed by atoms with Gasteiger partial charge < -0.3 is 9.73 Å². The second-order valence-electron chi connectivity index (χ2n) is 4.28. The molecule has 0 atom stereocenters. The molecule has 1 aromatic heterocycles. The molecular formula is C16H17NO2. The third kappa shape index (κ3) is 3.58. The van der Waals surface area contributed by atoms with Crippen LogP contribution in [-0.4, -0.2) is 5.91 Å². The Kier molecular flexibility index (Phi) is 4.18. The SMILES string of the molecule is CCc1ccccc1NC(=O)/C=C/c1ccc(C)o1. The number of carbonyl (C=O) groups is 1. The molecule has 0 unspecified atom stereocenters. The number of furan rings is 1. The third-order valence-corrected chi connectivity index (χ3v) is 2.82. The van der Waals surface area contributed by atoms with Crippen molar-refractivity contribution in [1.82, 2.24) is 0 Å². The van der Waals surface area contributed by atoms with Crippen molar-refractivity contribution in [3.63, 3.8) is 0 Å². The van der Waals surface area contributed by atoms with E-state index in [1.54, 1.807) is 6.08 Å². The van der Waals surface area contributed by atoms with E-state index in [9.17, 15) is 4.79 Å². The van der Waals surface area contributed by atoms with Gasteiger partial charge in [0.05, 0.1) is 0 Å². The molecule has 0 spiro atoms. The lowest BCUT2D eigenvalue weighted by Crippen LogP contribution is -2.09. The van der Waals surface area contributed by atoms with E-state index in [1.165, 1.54) is 6.08 Å². The summed E-state index contributed by atoms with van der Waals surface area (Å²) in [6, 6.07) is 11.5. The summed E-state index contributed by atoms with van der Waals surface area (Å²) in [7, 11) is 0. The molecule has 1 heterocycles. The Morgan fingerprint density at radius 1 is 1.26 bits per heavy atom. The van der Waals surface area contributed by atoms with Gasteiger partial charge in [-0.1, -0.05) is 25.1 Å². The number of aryl methyl sites for hydroxylation is 2. The van der Waals surface area contributed by atoms with Crippen LogP contribution in [0.5, 0.6) is 0 Å². The highest BCUT2D eigenvalue weighted by Crippen LogP contribution is 2.15. The topological polar surface area (TPSA) is 42.2 Å². The summed E-state index contributed by atoms with van der Waals surface area (Å²) in [5.74, 6) is 1.35. The minimum Gasteiger partial charge on any atom is -0.462 e. The third-order valence-electron chi connectivity index (χ3n) is 2.82. The minimum atomic E-state index is -0.157. The summed E-state index contributed by atoms with van der Waals surface area (Å²) < 4.78 is 5.36. The molecule has 0 aliphatic heterocycles. The van der Waals surface area contributed by atoms with E-state index in [1.807, 2.05) is 43.3 Å². The molecule has 0 fully saturated rings. The summed E-state index contributed by atoms with van der Waals surface area (Å²) >= 11 is 0. The van der Waals surface area contributed by atoms with Gasteiger partial charge in [-0.2, -0.15) is 0 Å². The first-order chi connectivity index (χ1) is 9.19. The molecular weight excluding hydrogens is 238 g/mol. The van der Waals surface area contributed by atoms with E-state index in [-0.39, 0.29) is 5.91 Å². The molecule has 0 saturated carbocycles. The van der Waals surface area contributed by atoms with E-state index in [2.05, 4.69) is 12.2 Å². The van der Waals surface area contributed by atoms with Gasteiger partial charge in [-0.25, -0.2) is 0 Å². The fraction of sp³-hybridized carbons (Fsp3) is 0.188. The number of carbonyl (C=O) groups excluding carboxylic acids is 1. The zero-order chi connectivity index (χ0) is 13.7. The van der Waals surface area contributed by atoms with Gasteiger partial charge in [0.25, 0.3) is 0 Å². The number of anilines is 1. The molecule has 2 aromatic rings. The number of hydrogen-bond acceptors (Lipinski definition) is 2. The van der Waals surface area contributed by atoms with Crippen LogP contribution in [0.4, 0.5) is 5.69 Å². The summed E-state index contributed by atoms with van der Waals surface area (Å²) in [5, 5.41) is 2.87. The Morgan fingerprint density at radius 2 is 2.05 bits per heavy atom. The summed E-state index contributed by atoms with van der Waals surface area (Å²) in [6.45, 7) is 3.93. The fourth-order valence-electron chi connectivity index (χ4n) is 1.83. The lowest BCUT2D eigenvalue weighted by atomic mass is 10.1. The van der Waals surface area contributed by atoms with E-state index >= 15 is 0 Å². The molecule has 0 aliphatic rings. The van der Waals surface area contributed by atoms with E-state index in [0.717, 1.165) is 23.4 Å². The van der Waals surface area contributed by atoms with Crippen molar-refractivity contribution in [2.24, 2.45) is 0 Å². The van der Waals surface area contributed by atoms with Crippen LogP contribution in [0.3, 0.4) is 0 Å². The quantitative estimate of drug-likeness (QED) is 0.844. The first kappa shape index (κ1) is 13.1. The number of amides is 1. The second kappa shape index (κ2) is 6.05. The maximum absolute atomic E-state index is 11.8. The van der Waals surface area contributed by atoms with Gasteiger partial charge in [0.1, 0.15) is 11.5 Å². The zero-order valence-electron chi connectivity index (χ0n) is 11.1. The number of para-hydroxylation sites is 1. The van der Waals surface area contributed by atoms with Crippen LogP contribution in [0.25, 0.3) is 6.08 Å². The average Bonchev–Trinajstić information content (AvgIpc) is 2.83. The maximum atomic E-state index is 11.8. The predicted molar refractivity (Wildman–Crippen MR) is 76.9 cm³/mol. The smallest absolute Gasteiger partial charge is 0.248 e. The van der Waals surface area contributed by atoms with Crippen LogP contribution >= 0.6 is 0 Å². The Hall–Kier alpha value is -2.29. The first-order valence-corrected chi connectivity index (χ1v) is 6.32. The standard InChI is InChI=1S/C16H17NO2/c1-3-13-6-4-5-7-15(13)17-16(18)11-10-14-9-8-12(2)19-14/h4-11H,3H2,1-2H3,(H,17,18)/b11-10+. The number of rotatable bonds is 4. The van der Waals surface area contributed by atoms with Crippen LogP contribution in [0.15, 0.2) is 46.9 Å². The molecule has 0 aliphatic carbocycles. The van der Waals surface area contributed by atoms with Crippen LogP contribution in [-0.2, 0) is 11.2 Å². The van der Waals surface area contributed by atoms with Crippen molar-refractivity contribution in [1.29, 1.82) is 0 Å². The first-order valence-electron chi connectivity index (χ1n) is 6.32. The molecule has 0 saturated heterocycles. The molecule has 3 heteroatoms. The monoisotopic (exact) mass is 255 g/mol. The molecule has 2 rings (SSSR count). The van der Waals surface area contributed by atoms with Crippen molar-refractivity contribution >= 4 is 17.7 Å². The number of hydrogen-bond donors (Lipinski definition) is 1. The van der Waals surface area contributed by atoms with Gasteiger partial charge in [-0.05, 0) is 43.2 Å². The second-order valence-corrected chi connectivity index (χ2v) is 4.28. The van der Waals surface area contributed by atoms with Crippen LogP contribution in [0, 0.1) is 6.92 Å². The molecule has 19 heavy (non-hydrogen) atoms. The predicted octanol–water partition coefficient (Wildman–Crippen LogP) is 3.80. The lowest BCUT2D eigenvalue weighted by Gasteiger charge is -2.07. The molecule has 1 aromatic carbocycles. The molecule has 0 bridgehead atoms. The molecule has 1 amide bonds. The molecule has 0 radical (unpaired) electrons. The number of nitrogens with one attached hydrogen (secondary N) is 1. The largest absolute Gasteiger partial charge is 0.462 e. The normalized spacial score (nSPS) is 10.8. The summed E-state index contributed by atoms with van der Waals surface area (Å²) in [5.41, 5.74) is 1.98. The van der Waals surface area contributed by atoms with Gasteiger partial charge in [0.2, 0.25) is 5.91 Å². The van der Waals surface area contributed by atoms with E-state index in [0.29, 0.717) is 5.76 Å². The molecule has 3 nitrogen and oxygen atoms in total. The van der Waals surface area contributed by atoms with Crippen molar-refractivity contribution in [2.75, 3.05) is 5.32 Å². The van der Waals surface area contributed by atoms with Gasteiger partial charge in [-0.15, -0.1) is 0 Å². The van der Waals surface area contributed by atoms with E-state index < -0.39 is 0 Å². The van der Waals surface area contributed by atoms with Crippen molar-refractivity contribution in [3.8, 4) is 0 Å². The highest BCUT2D eigenvalue weighted by Gasteiger charge is 2.02. The van der Waals surface area contributed by atoms with Crippen LogP contribution in [0.2, 0.25) is 0 Å². The van der Waals surface area contributed by atoms with Crippen molar-refractivity contribution in [2.45, 2.75) is 20.3 Å². The minimum absolute atomic E-state index is 0.157. The van der Waals surface area contributed by atoms with Crippen LogP contribution < -0.4 is 5.32 Å². The Bertz CT molecular complexity index is 596. The highest BCUT2D eigenvalue weighted by molar-refractivity contribution is 6.02.